The summed E-state index contributed by atoms with van der Waals surface area (Å²) in [6.45, 7) is 3.35. The van der Waals surface area contributed by atoms with Crippen LogP contribution in [-0.2, 0) is 17.6 Å². The Bertz CT molecular complexity index is 1260. The van der Waals surface area contributed by atoms with Crippen LogP contribution in [0.25, 0.3) is 11.0 Å². The highest BCUT2D eigenvalue weighted by Gasteiger charge is 2.59. The second kappa shape index (κ2) is 7.14. The maximum absolute atomic E-state index is 13.3. The Morgan fingerprint density at radius 3 is 2.27 bits per heavy atom. The molecule has 3 heterocycles. The number of carbonyl (C=O) groups is 2. The van der Waals surface area contributed by atoms with Crippen molar-refractivity contribution in [3.63, 3.8) is 0 Å². The van der Waals surface area contributed by atoms with Gasteiger partial charge < -0.3 is 9.80 Å². The first-order chi connectivity index (χ1) is 16.2. The fourth-order valence-electron chi connectivity index (χ4n) is 7.04. The lowest BCUT2D eigenvalue weighted by Crippen LogP contribution is -2.44. The number of aromatic amines is 1. The van der Waals surface area contributed by atoms with Crippen LogP contribution in [0.2, 0.25) is 0 Å². The zero-order valence-electron chi connectivity index (χ0n) is 18.5. The number of aryl methyl sites for hydroxylation is 1. The molecule has 2 amide bonds. The topological polar surface area (TPSA) is 82.2 Å². The number of fused-ring (bicyclic) bond motifs is 6. The monoisotopic (exact) mass is 445 g/mol. The molecule has 7 rings (SSSR count). The normalized spacial score (nSPS) is 30.0. The highest BCUT2D eigenvalue weighted by molar-refractivity contribution is 5.97. The van der Waals surface area contributed by atoms with E-state index in [9.17, 15) is 9.59 Å². The molecule has 3 unspecified atom stereocenters. The average Bonchev–Trinajstić information content (AvgIpc) is 3.56. The van der Waals surface area contributed by atoms with Gasteiger partial charge in [0.05, 0.1) is 0 Å². The van der Waals surface area contributed by atoms with Gasteiger partial charge in [-0.3, -0.25) is 9.59 Å². The Kier molecular flexibility index (Phi) is 4.17. The van der Waals surface area contributed by atoms with Gasteiger partial charge in [0.15, 0.2) is 0 Å². The van der Waals surface area contributed by atoms with Gasteiger partial charge in [-0.15, -0.1) is 0 Å². The van der Waals surface area contributed by atoms with Crippen LogP contribution in [0.4, 0.5) is 0 Å². The number of carbonyl (C=O) groups excluding carboxylic acids is 2. The highest BCUT2D eigenvalue weighted by Crippen LogP contribution is 2.54. The Morgan fingerprint density at radius 2 is 1.52 bits per heavy atom. The molecule has 3 aromatic rings. The van der Waals surface area contributed by atoms with E-state index in [2.05, 4.69) is 44.6 Å². The molecule has 2 aliphatic heterocycles. The summed E-state index contributed by atoms with van der Waals surface area (Å²) in [6, 6.07) is 14.1. The van der Waals surface area contributed by atoms with E-state index in [1.54, 1.807) is 0 Å². The molecule has 0 spiro atoms. The Balaban J connectivity index is 0.00000127. The smallest absolute Gasteiger partial charge is 0.253 e. The van der Waals surface area contributed by atoms with Gasteiger partial charge in [-0.25, -0.2) is 0 Å². The lowest BCUT2D eigenvalue weighted by atomic mass is 9.60. The van der Waals surface area contributed by atoms with Gasteiger partial charge >= 0.3 is 0 Å². The minimum atomic E-state index is 0. The zero-order valence-corrected chi connectivity index (χ0v) is 18.5. The summed E-state index contributed by atoms with van der Waals surface area (Å²) < 4.78 is 0. The van der Waals surface area contributed by atoms with Crippen molar-refractivity contribution in [1.82, 2.24) is 25.2 Å². The number of benzene rings is 2. The molecule has 33 heavy (non-hydrogen) atoms. The van der Waals surface area contributed by atoms with Crippen molar-refractivity contribution in [3.8, 4) is 0 Å². The third-order valence-corrected chi connectivity index (χ3v) is 8.78. The molecule has 1 aromatic heterocycles. The number of nitrogens with one attached hydrogen (secondary N) is 1. The number of H-pyrrole nitrogens is 1. The van der Waals surface area contributed by atoms with E-state index in [0.717, 1.165) is 56.5 Å². The van der Waals surface area contributed by atoms with Crippen LogP contribution in [-0.4, -0.2) is 63.2 Å². The van der Waals surface area contributed by atoms with E-state index in [1.165, 1.54) is 11.1 Å². The summed E-state index contributed by atoms with van der Waals surface area (Å²) >= 11 is 0. The number of aromatic nitrogens is 3. The van der Waals surface area contributed by atoms with Gasteiger partial charge in [0, 0.05) is 40.5 Å². The van der Waals surface area contributed by atoms with Crippen LogP contribution in [0.1, 0.15) is 30.8 Å². The van der Waals surface area contributed by atoms with Crippen LogP contribution in [0.3, 0.4) is 0 Å². The van der Waals surface area contributed by atoms with Gasteiger partial charge in [0.2, 0.25) is 5.91 Å². The Hall–Kier alpha value is -3.22. The lowest BCUT2D eigenvalue weighted by Gasteiger charge is -2.42. The average molecular weight is 446 g/mol. The molecular weight excluding hydrogens is 414 g/mol. The molecule has 2 aliphatic carbocycles. The van der Waals surface area contributed by atoms with E-state index in [1.807, 2.05) is 23.1 Å². The van der Waals surface area contributed by atoms with Crippen LogP contribution < -0.4 is 0 Å². The first-order valence-electron chi connectivity index (χ1n) is 12.1. The second-order valence-electron chi connectivity index (χ2n) is 10.3. The van der Waals surface area contributed by atoms with E-state index in [0.29, 0.717) is 35.1 Å². The Labute approximate surface area is 195 Å². The van der Waals surface area contributed by atoms with Gasteiger partial charge in [-0.1, -0.05) is 24.3 Å². The maximum atomic E-state index is 13.3. The summed E-state index contributed by atoms with van der Waals surface area (Å²) in [6.07, 6.45) is 2.86. The van der Waals surface area contributed by atoms with Gasteiger partial charge in [0.1, 0.15) is 11.0 Å². The fraction of sp³-hybridized carbons (Fsp3) is 0.462. The van der Waals surface area contributed by atoms with Crippen molar-refractivity contribution in [2.45, 2.75) is 19.3 Å². The van der Waals surface area contributed by atoms with E-state index in [4.69, 9.17) is 0 Å². The molecule has 1 N–H and O–H groups in total. The summed E-state index contributed by atoms with van der Waals surface area (Å²) in [7, 11) is 0. The molecule has 1 saturated carbocycles. The van der Waals surface area contributed by atoms with Gasteiger partial charge in [-0.2, -0.15) is 15.4 Å². The fourth-order valence-corrected chi connectivity index (χ4v) is 7.04. The second-order valence-corrected chi connectivity index (χ2v) is 10.3. The molecule has 2 aromatic carbocycles. The molecule has 7 heteroatoms. The van der Waals surface area contributed by atoms with Gasteiger partial charge in [0.25, 0.3) is 5.91 Å². The molecule has 4 aliphatic rings. The standard InChI is InChI=1S/C26H27N5O2.2H2/c32-25(17-6-5-15-3-1-2-4-16(15)9-17)30-11-19-20(12-30)22-14-31(13-21(19)22)26(33)18-7-8-23-24(10-18)28-29-27-23;;/h1-4,7-8,10,17,19-22H,5-6,9,11-14H2,(H,27,28,29);2*1H/t17?,19?,20?,21-,22+;;. The summed E-state index contributed by atoms with van der Waals surface area (Å²) in [4.78, 5) is 30.6. The first kappa shape index (κ1) is 19.3. The number of hydrogen-bond donors (Lipinski definition) is 1. The molecule has 2 saturated heterocycles. The van der Waals surface area contributed by atoms with Crippen LogP contribution in [0, 0.1) is 29.6 Å². The molecular formula is C26H31N5O2. The highest BCUT2D eigenvalue weighted by atomic mass is 16.2. The first-order valence-corrected chi connectivity index (χ1v) is 12.1. The summed E-state index contributed by atoms with van der Waals surface area (Å²) in [5, 5.41) is 10.8. The van der Waals surface area contributed by atoms with Crippen LogP contribution >= 0.6 is 0 Å². The summed E-state index contributed by atoms with van der Waals surface area (Å²) in [5.41, 5.74) is 4.93. The number of rotatable bonds is 2. The number of hydrogen-bond acceptors (Lipinski definition) is 4. The van der Waals surface area contributed by atoms with Crippen molar-refractivity contribution in [3.05, 3.63) is 59.2 Å². The van der Waals surface area contributed by atoms with E-state index >= 15 is 0 Å². The van der Waals surface area contributed by atoms with Crippen molar-refractivity contribution < 1.29 is 12.4 Å². The molecule has 172 valence electrons. The van der Waals surface area contributed by atoms with Crippen LogP contribution in [0.15, 0.2) is 42.5 Å². The molecule has 3 fully saturated rings. The largest absolute Gasteiger partial charge is 0.342 e. The minimum Gasteiger partial charge on any atom is -0.342 e. The zero-order chi connectivity index (χ0) is 22.1. The number of likely N-dealkylation sites (tertiary alicyclic amines) is 2. The SMILES string of the molecule is O=C(c1ccc2n[nH]nc2c1)N1C[C@@H]2C3CN(C(=O)C4CCc5ccccc5C4)CC3[C@@H]2C1.[HH].[HH]. The number of amides is 2. The van der Waals surface area contributed by atoms with Crippen molar-refractivity contribution in [2.75, 3.05) is 26.2 Å². The predicted octanol–water partition coefficient (Wildman–Crippen LogP) is 3.03. The molecule has 7 nitrogen and oxygen atoms in total. The maximum Gasteiger partial charge on any atom is 0.253 e. The molecule has 0 radical (unpaired) electrons. The molecule has 0 bridgehead atoms. The third-order valence-electron chi connectivity index (χ3n) is 8.78. The van der Waals surface area contributed by atoms with Crippen LogP contribution in [0.5, 0.6) is 0 Å². The van der Waals surface area contributed by atoms with Gasteiger partial charge in [-0.05, 0) is 72.3 Å². The van der Waals surface area contributed by atoms with Crippen molar-refractivity contribution in [2.24, 2.45) is 29.6 Å². The summed E-state index contributed by atoms with van der Waals surface area (Å²) in [5.74, 6) is 2.71. The van der Waals surface area contributed by atoms with E-state index in [-0.39, 0.29) is 14.7 Å². The Morgan fingerprint density at radius 1 is 0.848 bits per heavy atom. The quantitative estimate of drug-likeness (QED) is 0.657. The number of nitrogens with zero attached hydrogens (tertiary/aromatic N) is 4. The lowest BCUT2D eigenvalue weighted by molar-refractivity contribution is -0.135. The van der Waals surface area contributed by atoms with Crippen molar-refractivity contribution >= 4 is 22.8 Å². The van der Waals surface area contributed by atoms with E-state index < -0.39 is 0 Å². The van der Waals surface area contributed by atoms with Crippen molar-refractivity contribution in [1.29, 1.82) is 0 Å². The third kappa shape index (κ3) is 2.94. The molecule has 5 atom stereocenters. The predicted molar refractivity (Wildman–Crippen MR) is 127 cm³/mol. The minimum absolute atomic E-state index is 0.